The largest absolute Gasteiger partial charge is 0.529 e. The Balaban J connectivity index is 1.43. The molecule has 0 spiro atoms. The topological polar surface area (TPSA) is 91.3 Å². The minimum atomic E-state index is -3.66. The van der Waals surface area contributed by atoms with Gasteiger partial charge in [0.05, 0.1) is 30.8 Å². The van der Waals surface area contributed by atoms with Gasteiger partial charge in [0.25, 0.3) is 0 Å². The Kier molecular flexibility index (Phi) is 12.2. The van der Waals surface area contributed by atoms with Gasteiger partial charge in [-0.3, -0.25) is 9.05 Å². The second-order valence-corrected chi connectivity index (χ2v) is 10.4. The molecule has 180 valence electrons. The van der Waals surface area contributed by atoms with Crippen molar-refractivity contribution < 1.29 is 32.8 Å². The number of carbonyl (C=O) groups is 1. The first-order chi connectivity index (χ1) is 14.9. The average Bonchev–Trinajstić information content (AvgIpc) is 3.03. The zero-order valence-electron chi connectivity index (χ0n) is 19.3. The number of phosphoric ester groups is 1. The maximum absolute atomic E-state index is 12.7. The third kappa shape index (κ3) is 10.1. The van der Waals surface area contributed by atoms with E-state index >= 15 is 0 Å². The lowest BCUT2D eigenvalue weighted by atomic mass is 10.0. The summed E-state index contributed by atoms with van der Waals surface area (Å²) in [5.74, 6) is -0.373. The molecule has 0 saturated carbocycles. The molecule has 0 radical (unpaired) electrons. The molecule has 2 rings (SSSR count). The highest BCUT2D eigenvalue weighted by Gasteiger charge is 2.42. The molecule has 0 unspecified atom stereocenters. The number of fused-ring (bicyclic) bond motifs is 1. The lowest BCUT2D eigenvalue weighted by Gasteiger charge is -2.17. The third-order valence-electron chi connectivity index (χ3n) is 5.87. The van der Waals surface area contributed by atoms with Gasteiger partial charge in [0.15, 0.2) is 0 Å². The number of phosphoric acid groups is 1. The molecular weight excluding hydrogens is 419 g/mol. The van der Waals surface area contributed by atoms with Crippen molar-refractivity contribution in [3.05, 3.63) is 11.3 Å². The number of unbranched alkanes of at least 4 members (excludes halogenated alkanes) is 11. The summed E-state index contributed by atoms with van der Waals surface area (Å²) in [6.07, 6.45) is 15.1. The van der Waals surface area contributed by atoms with Crippen molar-refractivity contribution in [1.29, 1.82) is 0 Å². The van der Waals surface area contributed by atoms with Crippen LogP contribution in [0, 0.1) is 5.92 Å². The third-order valence-corrected chi connectivity index (χ3v) is 7.33. The van der Waals surface area contributed by atoms with Gasteiger partial charge in [0.2, 0.25) is 0 Å². The van der Waals surface area contributed by atoms with E-state index in [0.717, 1.165) is 32.1 Å². The summed E-state index contributed by atoms with van der Waals surface area (Å²) in [4.78, 5) is 11.7. The van der Waals surface area contributed by atoms with Crippen molar-refractivity contribution in [2.75, 3.05) is 19.8 Å². The number of carbonyl (C=O) groups excluding carboxylic acids is 1. The van der Waals surface area contributed by atoms with Crippen molar-refractivity contribution in [3.63, 3.8) is 0 Å². The molecule has 8 heteroatoms. The Labute approximate surface area is 187 Å². The molecule has 1 saturated heterocycles. The van der Waals surface area contributed by atoms with Gasteiger partial charge in [-0.1, -0.05) is 70.6 Å². The summed E-state index contributed by atoms with van der Waals surface area (Å²) in [6, 6.07) is 0. The van der Waals surface area contributed by atoms with Crippen LogP contribution in [0.15, 0.2) is 11.3 Å². The zero-order chi connectivity index (χ0) is 22.5. The highest BCUT2D eigenvalue weighted by Crippen LogP contribution is 2.54. The number of aliphatic hydroxyl groups is 1. The summed E-state index contributed by atoms with van der Waals surface area (Å²) in [5.41, 5.74) is 0.414. The van der Waals surface area contributed by atoms with Gasteiger partial charge in [0, 0.05) is 0 Å². The van der Waals surface area contributed by atoms with E-state index in [1.807, 2.05) is 6.92 Å². The molecule has 1 fully saturated rings. The number of aliphatic hydroxyl groups excluding tert-OH is 1. The summed E-state index contributed by atoms with van der Waals surface area (Å²) >= 11 is 0. The van der Waals surface area contributed by atoms with Crippen LogP contribution in [0.2, 0.25) is 0 Å². The molecular formula is C23H41O7P. The summed E-state index contributed by atoms with van der Waals surface area (Å²) in [6.45, 7) is 4.14. The Bertz CT molecular complexity index is 617. The molecule has 0 aromatic rings. The van der Waals surface area contributed by atoms with E-state index in [9.17, 15) is 14.5 Å². The van der Waals surface area contributed by atoms with Gasteiger partial charge in [-0.25, -0.2) is 9.36 Å². The summed E-state index contributed by atoms with van der Waals surface area (Å²) in [7, 11) is -3.66. The minimum Gasteiger partial charge on any atom is -0.461 e. The summed E-state index contributed by atoms with van der Waals surface area (Å²) < 4.78 is 33.9. The molecule has 0 aromatic heterocycles. The van der Waals surface area contributed by atoms with Gasteiger partial charge in [-0.2, -0.15) is 0 Å². The maximum atomic E-state index is 12.7. The fourth-order valence-corrected chi connectivity index (χ4v) is 5.37. The van der Waals surface area contributed by atoms with Crippen LogP contribution in [0.25, 0.3) is 0 Å². The fraction of sp³-hybridized carbons (Fsp3) is 0.870. The molecule has 1 N–H and O–H groups in total. The van der Waals surface area contributed by atoms with Crippen LogP contribution in [0.4, 0.5) is 0 Å². The van der Waals surface area contributed by atoms with Crippen molar-refractivity contribution in [3.8, 4) is 0 Å². The molecule has 0 aromatic carbocycles. The molecule has 31 heavy (non-hydrogen) atoms. The zero-order valence-corrected chi connectivity index (χ0v) is 20.2. The van der Waals surface area contributed by atoms with E-state index in [1.165, 1.54) is 51.4 Å². The van der Waals surface area contributed by atoms with Crippen LogP contribution in [-0.4, -0.2) is 37.0 Å². The van der Waals surface area contributed by atoms with Crippen molar-refractivity contribution in [2.24, 2.45) is 5.92 Å². The van der Waals surface area contributed by atoms with Crippen LogP contribution in [0.5, 0.6) is 0 Å². The number of cyclic esters (lactones) is 1. The van der Waals surface area contributed by atoms with E-state index in [1.54, 1.807) is 6.92 Å². The lowest BCUT2D eigenvalue weighted by molar-refractivity contribution is -0.135. The van der Waals surface area contributed by atoms with Crippen molar-refractivity contribution in [2.45, 2.75) is 103 Å². The lowest BCUT2D eigenvalue weighted by Crippen LogP contribution is -2.10. The van der Waals surface area contributed by atoms with Gasteiger partial charge < -0.3 is 14.4 Å². The molecule has 0 amide bonds. The number of ether oxygens (including phenoxy) is 1. The van der Waals surface area contributed by atoms with Crippen LogP contribution >= 0.6 is 7.82 Å². The van der Waals surface area contributed by atoms with Crippen LogP contribution in [0.1, 0.15) is 97.3 Å². The number of rotatable bonds is 16. The minimum absolute atomic E-state index is 0.109. The van der Waals surface area contributed by atoms with Crippen molar-refractivity contribution >= 4 is 13.8 Å². The van der Waals surface area contributed by atoms with Crippen molar-refractivity contribution in [1.82, 2.24) is 0 Å². The number of hydrogen-bond donors (Lipinski definition) is 1. The first kappa shape index (κ1) is 26.4. The monoisotopic (exact) mass is 460 g/mol. The number of allylic oxidation sites excluding steroid dienone is 1. The molecule has 2 aliphatic heterocycles. The fourth-order valence-electron chi connectivity index (χ4n) is 4.04. The average molecular weight is 461 g/mol. The number of esters is 1. The smallest absolute Gasteiger partial charge is 0.461 e. The van der Waals surface area contributed by atoms with E-state index in [0.29, 0.717) is 12.2 Å². The molecule has 7 nitrogen and oxygen atoms in total. The molecule has 2 heterocycles. The predicted molar refractivity (Wildman–Crippen MR) is 119 cm³/mol. The SMILES string of the molecule is CC1=C2C(=O)OC[C@@H]2CO[P@](=O)(OCCCCCCCCCCCCCC[C@H](C)O)O1. The Morgan fingerprint density at radius 1 is 0.968 bits per heavy atom. The van der Waals surface area contributed by atoms with Crippen LogP contribution in [-0.2, 0) is 27.7 Å². The maximum Gasteiger partial charge on any atom is 0.529 e. The highest BCUT2D eigenvalue weighted by molar-refractivity contribution is 7.48. The van der Waals surface area contributed by atoms with Gasteiger partial charge in [-0.05, 0) is 26.7 Å². The van der Waals surface area contributed by atoms with Crippen LogP contribution < -0.4 is 0 Å². The molecule has 0 bridgehead atoms. The van der Waals surface area contributed by atoms with E-state index < -0.39 is 13.8 Å². The van der Waals surface area contributed by atoms with E-state index in [4.69, 9.17) is 18.3 Å². The van der Waals surface area contributed by atoms with Gasteiger partial charge in [0.1, 0.15) is 12.4 Å². The van der Waals surface area contributed by atoms with E-state index in [2.05, 4.69) is 0 Å². The normalized spacial score (nSPS) is 24.5. The molecule has 0 aliphatic carbocycles. The second-order valence-electron chi connectivity index (χ2n) is 8.81. The Morgan fingerprint density at radius 3 is 2.10 bits per heavy atom. The number of hydrogen-bond acceptors (Lipinski definition) is 7. The first-order valence-electron chi connectivity index (χ1n) is 12.1. The summed E-state index contributed by atoms with van der Waals surface area (Å²) in [5, 5.41) is 9.22. The van der Waals surface area contributed by atoms with Gasteiger partial charge >= 0.3 is 13.8 Å². The quantitative estimate of drug-likeness (QED) is 0.170. The predicted octanol–water partition coefficient (Wildman–Crippen LogP) is 6.06. The second kappa shape index (κ2) is 14.3. The molecule has 3 atom stereocenters. The first-order valence-corrected chi connectivity index (χ1v) is 13.5. The Hall–Kier alpha value is -0.880. The van der Waals surface area contributed by atoms with E-state index in [-0.39, 0.29) is 31.0 Å². The van der Waals surface area contributed by atoms with Gasteiger partial charge in [-0.15, -0.1) is 0 Å². The van der Waals surface area contributed by atoms with Crippen LogP contribution in [0.3, 0.4) is 0 Å². The standard InChI is InChI=1S/C23H41O7P/c1-19(24)15-13-11-9-7-5-3-4-6-8-10-12-14-16-28-31(26)29-18-21-17-27-23(25)22(21)20(2)30-31/h19,21,24H,3-18H2,1-2H3/t19-,21+,31-/m0/s1. The highest BCUT2D eigenvalue weighted by atomic mass is 31.2. The molecule has 2 aliphatic rings. The Morgan fingerprint density at radius 2 is 1.52 bits per heavy atom.